The fourth-order valence-corrected chi connectivity index (χ4v) is 2.65. The fraction of sp³-hybridized carbons (Fsp3) is 0.500. The summed E-state index contributed by atoms with van der Waals surface area (Å²) in [5.41, 5.74) is 7.27. The molecule has 0 spiro atoms. The lowest BCUT2D eigenvalue weighted by Crippen LogP contribution is -2.19. The van der Waals surface area contributed by atoms with Gasteiger partial charge in [0.15, 0.2) is 5.82 Å². The highest BCUT2D eigenvalue weighted by Crippen LogP contribution is 2.31. The summed E-state index contributed by atoms with van der Waals surface area (Å²) >= 11 is 0. The van der Waals surface area contributed by atoms with Crippen LogP contribution in [0.5, 0.6) is 5.75 Å². The van der Waals surface area contributed by atoms with E-state index in [-0.39, 0.29) is 6.10 Å². The van der Waals surface area contributed by atoms with Crippen LogP contribution < -0.4 is 10.5 Å². The van der Waals surface area contributed by atoms with E-state index in [0.29, 0.717) is 23.2 Å². The molecule has 1 aromatic carbocycles. The number of rotatable bonds is 4. The summed E-state index contributed by atoms with van der Waals surface area (Å²) in [5.74, 6) is 1.78. The van der Waals surface area contributed by atoms with Gasteiger partial charge in [-0.1, -0.05) is 0 Å². The van der Waals surface area contributed by atoms with Gasteiger partial charge in [0, 0.05) is 24.3 Å². The number of nitrogen functional groups attached to an aromatic ring is 1. The van der Waals surface area contributed by atoms with Crippen LogP contribution in [0.1, 0.15) is 13.3 Å². The zero-order valence-electron chi connectivity index (χ0n) is 12.2. The lowest BCUT2D eigenvalue weighted by atomic mass is 10.0. The Labute approximate surface area is 123 Å². The van der Waals surface area contributed by atoms with Crippen molar-refractivity contribution in [2.24, 2.45) is 5.92 Å². The third-order valence-electron chi connectivity index (χ3n) is 3.94. The van der Waals surface area contributed by atoms with E-state index in [1.807, 2.05) is 16.8 Å². The van der Waals surface area contributed by atoms with Crippen LogP contribution in [0, 0.1) is 5.92 Å². The van der Waals surface area contributed by atoms with Gasteiger partial charge in [0.2, 0.25) is 0 Å². The van der Waals surface area contributed by atoms with Crippen LogP contribution in [0.2, 0.25) is 0 Å². The molecule has 1 aromatic heterocycles. The smallest absolute Gasteiger partial charge is 0.185 e. The molecule has 0 saturated carbocycles. The SMILES string of the molecule is COc1cc(N)ccc1-c1nnnn1CC1CCOC1C. The molecule has 3 rings (SSSR count). The van der Waals surface area contributed by atoms with E-state index in [0.717, 1.165) is 25.1 Å². The van der Waals surface area contributed by atoms with Crippen molar-refractivity contribution in [1.82, 2.24) is 20.2 Å². The Hall–Kier alpha value is -2.15. The first-order valence-corrected chi connectivity index (χ1v) is 7.00. The highest BCUT2D eigenvalue weighted by molar-refractivity contribution is 5.67. The number of anilines is 1. The van der Waals surface area contributed by atoms with Crippen LogP contribution in [0.4, 0.5) is 5.69 Å². The average molecular weight is 289 g/mol. The second-order valence-corrected chi connectivity index (χ2v) is 5.27. The van der Waals surface area contributed by atoms with E-state index in [1.165, 1.54) is 0 Å². The Bertz CT molecular complexity index is 628. The molecule has 21 heavy (non-hydrogen) atoms. The van der Waals surface area contributed by atoms with E-state index in [9.17, 15) is 0 Å². The zero-order valence-corrected chi connectivity index (χ0v) is 12.2. The predicted octanol–water partition coefficient (Wildman–Crippen LogP) is 1.36. The van der Waals surface area contributed by atoms with Gasteiger partial charge in [-0.2, -0.15) is 0 Å². The predicted molar refractivity (Wildman–Crippen MR) is 77.7 cm³/mol. The standard InChI is InChI=1S/C14H19N5O2/c1-9-10(5-6-21-9)8-19-14(16-17-18-19)12-4-3-11(15)7-13(12)20-2/h3-4,7,9-10H,5-6,8,15H2,1-2H3. The summed E-state index contributed by atoms with van der Waals surface area (Å²) < 4.78 is 12.8. The lowest BCUT2D eigenvalue weighted by molar-refractivity contribution is 0.101. The molecule has 2 N–H and O–H groups in total. The van der Waals surface area contributed by atoms with Crippen molar-refractivity contribution in [1.29, 1.82) is 0 Å². The van der Waals surface area contributed by atoms with Gasteiger partial charge in [0.25, 0.3) is 0 Å². The molecule has 0 radical (unpaired) electrons. The molecule has 7 heteroatoms. The van der Waals surface area contributed by atoms with Crippen molar-refractivity contribution in [2.45, 2.75) is 26.0 Å². The summed E-state index contributed by atoms with van der Waals surface area (Å²) in [4.78, 5) is 0. The van der Waals surface area contributed by atoms with E-state index < -0.39 is 0 Å². The maximum Gasteiger partial charge on any atom is 0.185 e. The maximum absolute atomic E-state index is 5.79. The Morgan fingerprint density at radius 1 is 1.48 bits per heavy atom. The number of methoxy groups -OCH3 is 1. The molecule has 1 aliphatic rings. The normalized spacial score (nSPS) is 21.6. The van der Waals surface area contributed by atoms with Crippen LogP contribution >= 0.6 is 0 Å². The van der Waals surface area contributed by atoms with Crippen LogP contribution in [-0.4, -0.2) is 40.0 Å². The Morgan fingerprint density at radius 3 is 3.05 bits per heavy atom. The molecular weight excluding hydrogens is 270 g/mol. The first-order valence-electron chi connectivity index (χ1n) is 7.00. The average Bonchev–Trinajstić information content (AvgIpc) is 3.09. The molecular formula is C14H19N5O2. The van der Waals surface area contributed by atoms with Gasteiger partial charge in [-0.3, -0.25) is 0 Å². The second-order valence-electron chi connectivity index (χ2n) is 5.27. The Kier molecular flexibility index (Phi) is 3.74. The van der Waals surface area contributed by atoms with Gasteiger partial charge < -0.3 is 15.2 Å². The fourth-order valence-electron chi connectivity index (χ4n) is 2.65. The summed E-state index contributed by atoms with van der Waals surface area (Å²) in [7, 11) is 1.61. The molecule has 2 unspecified atom stereocenters. The number of benzene rings is 1. The Balaban J connectivity index is 1.92. The largest absolute Gasteiger partial charge is 0.496 e. The molecule has 0 aliphatic carbocycles. The van der Waals surface area contributed by atoms with Gasteiger partial charge in [0.05, 0.1) is 25.3 Å². The molecule has 112 valence electrons. The number of hydrogen-bond acceptors (Lipinski definition) is 6. The monoisotopic (exact) mass is 289 g/mol. The van der Waals surface area contributed by atoms with Crippen LogP contribution in [0.3, 0.4) is 0 Å². The minimum atomic E-state index is 0.232. The number of hydrogen-bond donors (Lipinski definition) is 1. The van der Waals surface area contributed by atoms with Crippen molar-refractivity contribution in [3.05, 3.63) is 18.2 Å². The zero-order chi connectivity index (χ0) is 14.8. The van der Waals surface area contributed by atoms with Gasteiger partial charge in [0.1, 0.15) is 5.75 Å². The first-order chi connectivity index (χ1) is 10.2. The number of aromatic nitrogens is 4. The van der Waals surface area contributed by atoms with Crippen molar-refractivity contribution in [3.63, 3.8) is 0 Å². The third kappa shape index (κ3) is 2.69. The molecule has 0 amide bonds. The highest BCUT2D eigenvalue weighted by atomic mass is 16.5. The third-order valence-corrected chi connectivity index (χ3v) is 3.94. The summed E-state index contributed by atoms with van der Waals surface area (Å²) in [5, 5.41) is 12.0. The molecule has 2 heterocycles. The summed E-state index contributed by atoms with van der Waals surface area (Å²) in [6.07, 6.45) is 1.26. The van der Waals surface area contributed by atoms with E-state index in [4.69, 9.17) is 15.2 Å². The van der Waals surface area contributed by atoms with Gasteiger partial charge in [-0.05, 0) is 35.9 Å². The van der Waals surface area contributed by atoms with Gasteiger partial charge in [-0.15, -0.1) is 5.10 Å². The molecule has 1 saturated heterocycles. The lowest BCUT2D eigenvalue weighted by Gasteiger charge is -2.15. The summed E-state index contributed by atoms with van der Waals surface area (Å²) in [6.45, 7) is 3.62. The van der Waals surface area contributed by atoms with E-state index >= 15 is 0 Å². The minimum absolute atomic E-state index is 0.232. The van der Waals surface area contributed by atoms with E-state index in [1.54, 1.807) is 13.2 Å². The van der Waals surface area contributed by atoms with Crippen molar-refractivity contribution < 1.29 is 9.47 Å². The number of nitrogens with two attached hydrogens (primary N) is 1. The number of tetrazole rings is 1. The minimum Gasteiger partial charge on any atom is -0.496 e. The Morgan fingerprint density at radius 2 is 2.33 bits per heavy atom. The quantitative estimate of drug-likeness (QED) is 0.855. The van der Waals surface area contributed by atoms with Crippen LogP contribution in [0.25, 0.3) is 11.4 Å². The van der Waals surface area contributed by atoms with Crippen molar-refractivity contribution >= 4 is 5.69 Å². The van der Waals surface area contributed by atoms with Gasteiger partial charge >= 0.3 is 0 Å². The molecule has 2 aromatic rings. The molecule has 1 aliphatic heterocycles. The van der Waals surface area contributed by atoms with E-state index in [2.05, 4.69) is 22.4 Å². The molecule has 2 atom stereocenters. The first kappa shape index (κ1) is 13.8. The molecule has 7 nitrogen and oxygen atoms in total. The molecule has 1 fully saturated rings. The number of nitrogens with zero attached hydrogens (tertiary/aromatic N) is 4. The van der Waals surface area contributed by atoms with Crippen molar-refractivity contribution in [2.75, 3.05) is 19.5 Å². The number of ether oxygens (including phenoxy) is 2. The highest BCUT2D eigenvalue weighted by Gasteiger charge is 2.26. The summed E-state index contributed by atoms with van der Waals surface area (Å²) in [6, 6.07) is 5.47. The van der Waals surface area contributed by atoms with Gasteiger partial charge in [-0.25, -0.2) is 4.68 Å². The van der Waals surface area contributed by atoms with Crippen LogP contribution in [0.15, 0.2) is 18.2 Å². The van der Waals surface area contributed by atoms with Crippen molar-refractivity contribution in [3.8, 4) is 17.1 Å². The topological polar surface area (TPSA) is 88.1 Å². The molecule has 0 bridgehead atoms. The second kappa shape index (κ2) is 5.69. The van der Waals surface area contributed by atoms with Crippen LogP contribution in [-0.2, 0) is 11.3 Å². The maximum atomic E-state index is 5.79.